The van der Waals surface area contributed by atoms with Gasteiger partial charge in [0, 0.05) is 13.1 Å². The molecule has 0 bridgehead atoms. The van der Waals surface area contributed by atoms with Crippen LogP contribution in [0.2, 0.25) is 10.3 Å². The zero-order valence-corrected chi connectivity index (χ0v) is 10.8. The molecule has 0 atom stereocenters. The SMILES string of the molecule is O=C1CN(C(=O)c2cc(Cl)nnc2Cl)CCCN1. The molecule has 2 heterocycles. The molecule has 1 aliphatic rings. The van der Waals surface area contributed by atoms with Gasteiger partial charge in [-0.15, -0.1) is 10.2 Å². The highest BCUT2D eigenvalue weighted by molar-refractivity contribution is 6.34. The first-order chi connectivity index (χ1) is 8.58. The van der Waals surface area contributed by atoms with Crippen LogP contribution in [0.1, 0.15) is 16.8 Å². The minimum absolute atomic E-state index is 0.00903. The van der Waals surface area contributed by atoms with E-state index in [9.17, 15) is 9.59 Å². The molecule has 2 amide bonds. The first-order valence-corrected chi connectivity index (χ1v) is 6.08. The predicted molar refractivity (Wildman–Crippen MR) is 65.6 cm³/mol. The molecule has 0 aliphatic carbocycles. The summed E-state index contributed by atoms with van der Waals surface area (Å²) in [4.78, 5) is 25.0. The molecule has 0 aromatic carbocycles. The van der Waals surface area contributed by atoms with Crippen molar-refractivity contribution in [2.24, 2.45) is 0 Å². The first-order valence-electron chi connectivity index (χ1n) is 5.32. The van der Waals surface area contributed by atoms with Crippen LogP contribution in [0.25, 0.3) is 0 Å². The van der Waals surface area contributed by atoms with Crippen LogP contribution in [0.5, 0.6) is 0 Å². The standard InChI is InChI=1S/C10H10Cl2N4O2/c11-7-4-6(9(12)15-14-7)10(18)16-3-1-2-13-8(17)5-16/h4H,1-3,5H2,(H,13,17). The Morgan fingerprint density at radius 3 is 2.94 bits per heavy atom. The van der Waals surface area contributed by atoms with E-state index in [2.05, 4.69) is 15.5 Å². The molecular weight excluding hydrogens is 279 g/mol. The van der Waals surface area contributed by atoms with Crippen LogP contribution in [-0.4, -0.2) is 46.5 Å². The third kappa shape index (κ3) is 2.88. The van der Waals surface area contributed by atoms with Crippen LogP contribution < -0.4 is 5.32 Å². The minimum Gasteiger partial charge on any atom is -0.354 e. The Labute approximate surface area is 113 Å². The highest BCUT2D eigenvalue weighted by Gasteiger charge is 2.23. The fourth-order valence-corrected chi connectivity index (χ4v) is 1.97. The van der Waals surface area contributed by atoms with Crippen molar-refractivity contribution in [3.05, 3.63) is 21.9 Å². The second-order valence-corrected chi connectivity index (χ2v) is 4.55. The molecule has 0 spiro atoms. The van der Waals surface area contributed by atoms with E-state index >= 15 is 0 Å². The third-order valence-electron chi connectivity index (χ3n) is 2.50. The van der Waals surface area contributed by atoms with E-state index in [0.29, 0.717) is 19.5 Å². The summed E-state index contributed by atoms with van der Waals surface area (Å²) in [6, 6.07) is 1.35. The van der Waals surface area contributed by atoms with E-state index in [1.165, 1.54) is 11.0 Å². The van der Waals surface area contributed by atoms with E-state index in [1.807, 2.05) is 0 Å². The van der Waals surface area contributed by atoms with E-state index in [-0.39, 0.29) is 34.2 Å². The number of hydrogen-bond donors (Lipinski definition) is 1. The van der Waals surface area contributed by atoms with Gasteiger partial charge in [-0.3, -0.25) is 9.59 Å². The zero-order valence-electron chi connectivity index (χ0n) is 9.32. The molecule has 0 radical (unpaired) electrons. The lowest BCUT2D eigenvalue weighted by molar-refractivity contribution is -0.121. The lowest BCUT2D eigenvalue weighted by Gasteiger charge is -2.19. The Balaban J connectivity index is 2.24. The maximum atomic E-state index is 12.2. The van der Waals surface area contributed by atoms with E-state index in [1.54, 1.807) is 0 Å². The number of nitrogens with one attached hydrogen (secondary N) is 1. The quantitative estimate of drug-likeness (QED) is 0.827. The summed E-state index contributed by atoms with van der Waals surface area (Å²) in [6.07, 6.45) is 0.696. The second-order valence-electron chi connectivity index (χ2n) is 3.80. The Kier molecular flexibility index (Phi) is 3.98. The smallest absolute Gasteiger partial charge is 0.257 e. The predicted octanol–water partition coefficient (Wildman–Crippen LogP) is 0.746. The van der Waals surface area contributed by atoms with Crippen LogP contribution in [0, 0.1) is 0 Å². The van der Waals surface area contributed by atoms with Crippen molar-refractivity contribution in [3.63, 3.8) is 0 Å². The van der Waals surface area contributed by atoms with Gasteiger partial charge < -0.3 is 10.2 Å². The van der Waals surface area contributed by atoms with Crippen molar-refractivity contribution in [1.29, 1.82) is 0 Å². The first kappa shape index (κ1) is 13.0. The molecule has 18 heavy (non-hydrogen) atoms. The molecular formula is C10H10Cl2N4O2. The Bertz CT molecular complexity index is 495. The van der Waals surface area contributed by atoms with Gasteiger partial charge in [0.15, 0.2) is 10.3 Å². The van der Waals surface area contributed by atoms with Gasteiger partial charge in [-0.2, -0.15) is 0 Å². The highest BCUT2D eigenvalue weighted by atomic mass is 35.5. The van der Waals surface area contributed by atoms with Crippen molar-refractivity contribution in [3.8, 4) is 0 Å². The summed E-state index contributed by atoms with van der Waals surface area (Å²) < 4.78 is 0. The Morgan fingerprint density at radius 1 is 1.39 bits per heavy atom. The number of carbonyl (C=O) groups is 2. The average Bonchev–Trinajstić information content (AvgIpc) is 2.56. The van der Waals surface area contributed by atoms with E-state index < -0.39 is 0 Å². The van der Waals surface area contributed by atoms with Crippen LogP contribution in [0.15, 0.2) is 6.07 Å². The van der Waals surface area contributed by atoms with Crippen LogP contribution in [0.3, 0.4) is 0 Å². The van der Waals surface area contributed by atoms with Gasteiger partial charge in [-0.1, -0.05) is 23.2 Å². The number of rotatable bonds is 1. The molecule has 96 valence electrons. The van der Waals surface area contributed by atoms with Crippen molar-refractivity contribution in [2.75, 3.05) is 19.6 Å². The highest BCUT2D eigenvalue weighted by Crippen LogP contribution is 2.17. The van der Waals surface area contributed by atoms with Gasteiger partial charge in [0.1, 0.15) is 0 Å². The summed E-state index contributed by atoms with van der Waals surface area (Å²) >= 11 is 11.5. The zero-order chi connectivity index (χ0) is 13.1. The molecule has 8 heteroatoms. The second kappa shape index (κ2) is 5.49. The molecule has 1 aromatic heterocycles. The summed E-state index contributed by atoms with van der Waals surface area (Å²) in [6.45, 7) is 1.05. The maximum absolute atomic E-state index is 12.2. The Hall–Kier alpha value is -1.40. The number of halogens is 2. The summed E-state index contributed by atoms with van der Waals surface area (Å²) in [7, 11) is 0. The molecule has 1 aliphatic heterocycles. The van der Waals surface area contributed by atoms with Gasteiger partial charge in [-0.05, 0) is 12.5 Å². The lowest BCUT2D eigenvalue weighted by atomic mass is 10.2. The number of aromatic nitrogens is 2. The van der Waals surface area contributed by atoms with Crippen molar-refractivity contribution >= 4 is 35.0 Å². The molecule has 1 aromatic rings. The molecule has 2 rings (SSSR count). The fraction of sp³-hybridized carbons (Fsp3) is 0.400. The Morgan fingerprint density at radius 2 is 2.17 bits per heavy atom. The molecule has 1 N–H and O–H groups in total. The number of nitrogens with zero attached hydrogens (tertiary/aromatic N) is 3. The molecule has 1 fully saturated rings. The van der Waals surface area contributed by atoms with Crippen LogP contribution in [0.4, 0.5) is 0 Å². The number of hydrogen-bond acceptors (Lipinski definition) is 4. The van der Waals surface area contributed by atoms with Crippen molar-refractivity contribution in [2.45, 2.75) is 6.42 Å². The van der Waals surface area contributed by atoms with Gasteiger partial charge in [0.05, 0.1) is 12.1 Å². The molecule has 0 saturated carbocycles. The number of carbonyl (C=O) groups excluding carboxylic acids is 2. The maximum Gasteiger partial charge on any atom is 0.257 e. The minimum atomic E-state index is -0.367. The largest absolute Gasteiger partial charge is 0.354 e. The lowest BCUT2D eigenvalue weighted by Crippen LogP contribution is -2.37. The average molecular weight is 289 g/mol. The third-order valence-corrected chi connectivity index (χ3v) is 2.96. The van der Waals surface area contributed by atoms with Gasteiger partial charge >= 0.3 is 0 Å². The summed E-state index contributed by atoms with van der Waals surface area (Å²) in [5.41, 5.74) is 0.159. The molecule has 1 saturated heterocycles. The van der Waals surface area contributed by atoms with Gasteiger partial charge in [0.25, 0.3) is 5.91 Å². The van der Waals surface area contributed by atoms with E-state index in [0.717, 1.165) is 0 Å². The van der Waals surface area contributed by atoms with Crippen molar-refractivity contribution < 1.29 is 9.59 Å². The van der Waals surface area contributed by atoms with Crippen LogP contribution >= 0.6 is 23.2 Å². The summed E-state index contributed by atoms with van der Waals surface area (Å²) in [5.74, 6) is -0.557. The van der Waals surface area contributed by atoms with Crippen LogP contribution in [-0.2, 0) is 4.79 Å². The van der Waals surface area contributed by atoms with Gasteiger partial charge in [0.2, 0.25) is 5.91 Å². The molecule has 6 nitrogen and oxygen atoms in total. The molecule has 0 unspecified atom stereocenters. The number of amides is 2. The normalized spacial score (nSPS) is 16.1. The summed E-state index contributed by atoms with van der Waals surface area (Å²) in [5, 5.41) is 9.86. The topological polar surface area (TPSA) is 75.2 Å². The van der Waals surface area contributed by atoms with Gasteiger partial charge in [-0.25, -0.2) is 0 Å². The van der Waals surface area contributed by atoms with Crippen molar-refractivity contribution in [1.82, 2.24) is 20.4 Å². The fourth-order valence-electron chi connectivity index (χ4n) is 1.65. The monoisotopic (exact) mass is 288 g/mol. The van der Waals surface area contributed by atoms with E-state index in [4.69, 9.17) is 23.2 Å².